The highest BCUT2D eigenvalue weighted by Crippen LogP contribution is 2.27. The molecule has 3 amide bonds. The van der Waals surface area contributed by atoms with Crippen molar-refractivity contribution in [2.75, 3.05) is 6.54 Å². The van der Waals surface area contributed by atoms with Crippen LogP contribution < -0.4 is 16.0 Å². The number of amides is 3. The van der Waals surface area contributed by atoms with E-state index in [9.17, 15) is 9.59 Å². The van der Waals surface area contributed by atoms with Crippen LogP contribution in [-0.2, 0) is 17.9 Å². The summed E-state index contributed by atoms with van der Waals surface area (Å²) in [6.07, 6.45) is 3.12. The van der Waals surface area contributed by atoms with E-state index in [4.69, 9.17) is 5.41 Å². The minimum Gasteiger partial charge on any atom is -0.342 e. The number of guanidine groups is 1. The van der Waals surface area contributed by atoms with Gasteiger partial charge in [0.1, 0.15) is 5.54 Å². The number of hydrogen-bond donors (Lipinski definition) is 4. The van der Waals surface area contributed by atoms with Crippen LogP contribution in [-0.4, -0.2) is 34.9 Å². The molecule has 152 valence electrons. The third kappa shape index (κ3) is 5.03. The predicted molar refractivity (Wildman–Crippen MR) is 109 cm³/mol. The number of urea groups is 1. The van der Waals surface area contributed by atoms with Crippen LogP contribution in [0, 0.1) is 17.2 Å². The van der Waals surface area contributed by atoms with E-state index in [2.05, 4.69) is 29.8 Å². The summed E-state index contributed by atoms with van der Waals surface area (Å²) in [6, 6.07) is 7.64. The van der Waals surface area contributed by atoms with Gasteiger partial charge in [0.25, 0.3) is 5.91 Å². The Morgan fingerprint density at radius 3 is 2.50 bits per heavy atom. The Hall–Kier alpha value is -2.57. The maximum atomic E-state index is 12.8. The minimum absolute atomic E-state index is 0.0516. The van der Waals surface area contributed by atoms with E-state index < -0.39 is 5.54 Å². The zero-order valence-electron chi connectivity index (χ0n) is 17.0. The summed E-state index contributed by atoms with van der Waals surface area (Å²) in [5.74, 6) is 1.13. The number of nitrogens with zero attached hydrogens (tertiary/aromatic N) is 1. The fourth-order valence-corrected chi connectivity index (χ4v) is 3.64. The molecular formula is C21H31N5O2. The molecule has 1 aliphatic carbocycles. The SMILES string of the molecule is CC(C)CC1(C)NC(=N)N(Cc2ccc(CNC(=O)NCC3CC3)cc2)C1=O. The van der Waals surface area contributed by atoms with Gasteiger partial charge in [-0.05, 0) is 49.1 Å². The second-order valence-corrected chi connectivity index (χ2v) is 8.62. The minimum atomic E-state index is -0.705. The van der Waals surface area contributed by atoms with Crippen molar-refractivity contribution in [1.29, 1.82) is 5.41 Å². The Bertz CT molecular complexity index is 742. The molecule has 1 atom stereocenters. The first-order valence-electron chi connectivity index (χ1n) is 10.0. The summed E-state index contributed by atoms with van der Waals surface area (Å²) in [4.78, 5) is 26.1. The molecule has 0 aromatic heterocycles. The Morgan fingerprint density at radius 1 is 1.25 bits per heavy atom. The Balaban J connectivity index is 1.51. The Kier molecular flexibility index (Phi) is 5.91. The molecule has 1 aromatic carbocycles. The average Bonchev–Trinajstić information content (AvgIpc) is 3.43. The zero-order chi connectivity index (χ0) is 20.3. The first-order valence-corrected chi connectivity index (χ1v) is 10.0. The summed E-state index contributed by atoms with van der Waals surface area (Å²) in [5, 5.41) is 16.9. The second-order valence-electron chi connectivity index (χ2n) is 8.62. The molecule has 1 unspecified atom stereocenters. The maximum absolute atomic E-state index is 12.8. The highest BCUT2D eigenvalue weighted by Gasteiger charge is 2.45. The third-order valence-corrected chi connectivity index (χ3v) is 5.26. The van der Waals surface area contributed by atoms with Crippen molar-refractivity contribution >= 4 is 17.9 Å². The average molecular weight is 386 g/mol. The number of rotatable bonds is 8. The van der Waals surface area contributed by atoms with E-state index in [1.807, 2.05) is 31.2 Å². The molecule has 2 fully saturated rings. The number of nitrogens with one attached hydrogen (secondary N) is 4. The summed E-state index contributed by atoms with van der Waals surface area (Å²) >= 11 is 0. The monoisotopic (exact) mass is 385 g/mol. The van der Waals surface area contributed by atoms with Gasteiger partial charge in [0, 0.05) is 13.1 Å². The van der Waals surface area contributed by atoms with Crippen molar-refractivity contribution in [2.24, 2.45) is 11.8 Å². The highest BCUT2D eigenvalue weighted by atomic mass is 16.2. The summed E-state index contributed by atoms with van der Waals surface area (Å²) in [5.41, 5.74) is 1.25. The van der Waals surface area contributed by atoms with Crippen LogP contribution in [0.15, 0.2) is 24.3 Å². The summed E-state index contributed by atoms with van der Waals surface area (Å²) in [6.45, 7) is 7.60. The van der Waals surface area contributed by atoms with E-state index in [1.165, 1.54) is 17.7 Å². The molecule has 0 bridgehead atoms. The molecule has 0 radical (unpaired) electrons. The molecule has 1 heterocycles. The molecule has 1 saturated heterocycles. The molecule has 3 rings (SSSR count). The van der Waals surface area contributed by atoms with Crippen molar-refractivity contribution in [3.63, 3.8) is 0 Å². The standard InChI is InChI=1S/C21H31N5O2/c1-14(2)10-21(3)18(27)26(19(22)25-21)13-17-8-6-16(7-9-17)12-24-20(28)23-11-15-4-5-15/h6-9,14-15H,4-5,10-13H2,1-3H3,(H2,22,25)(H2,23,24,28). The number of hydrogen-bond acceptors (Lipinski definition) is 3. The van der Waals surface area contributed by atoms with Gasteiger partial charge in [0.15, 0.2) is 5.96 Å². The first-order chi connectivity index (χ1) is 13.3. The predicted octanol–water partition coefficient (Wildman–Crippen LogP) is 2.57. The van der Waals surface area contributed by atoms with Gasteiger partial charge in [-0.25, -0.2) is 4.79 Å². The molecule has 1 saturated carbocycles. The van der Waals surface area contributed by atoms with Gasteiger partial charge in [0.05, 0.1) is 6.54 Å². The quantitative estimate of drug-likeness (QED) is 0.554. The topological polar surface area (TPSA) is 97.3 Å². The van der Waals surface area contributed by atoms with Crippen LogP contribution in [0.1, 0.15) is 51.2 Å². The van der Waals surface area contributed by atoms with E-state index in [-0.39, 0.29) is 17.9 Å². The van der Waals surface area contributed by atoms with Crippen LogP contribution in [0.5, 0.6) is 0 Å². The molecule has 4 N–H and O–H groups in total. The van der Waals surface area contributed by atoms with E-state index >= 15 is 0 Å². The van der Waals surface area contributed by atoms with Gasteiger partial charge < -0.3 is 16.0 Å². The van der Waals surface area contributed by atoms with Gasteiger partial charge in [0.2, 0.25) is 0 Å². The van der Waals surface area contributed by atoms with E-state index in [0.717, 1.165) is 17.7 Å². The molecule has 0 spiro atoms. The first kappa shape index (κ1) is 20.2. The van der Waals surface area contributed by atoms with Gasteiger partial charge in [-0.3, -0.25) is 15.1 Å². The lowest BCUT2D eigenvalue weighted by Crippen LogP contribution is -2.44. The fourth-order valence-electron chi connectivity index (χ4n) is 3.64. The van der Waals surface area contributed by atoms with Crippen molar-refractivity contribution in [3.8, 4) is 0 Å². The summed E-state index contributed by atoms with van der Waals surface area (Å²) in [7, 11) is 0. The lowest BCUT2D eigenvalue weighted by Gasteiger charge is -2.24. The molecule has 1 aromatic rings. The van der Waals surface area contributed by atoms with Crippen molar-refractivity contribution in [2.45, 2.75) is 58.7 Å². The van der Waals surface area contributed by atoms with Gasteiger partial charge in [-0.15, -0.1) is 0 Å². The zero-order valence-corrected chi connectivity index (χ0v) is 17.0. The Labute approximate surface area is 166 Å². The smallest absolute Gasteiger partial charge is 0.315 e. The van der Waals surface area contributed by atoms with Crippen LogP contribution in [0.3, 0.4) is 0 Å². The number of carbonyl (C=O) groups is 2. The lowest BCUT2D eigenvalue weighted by molar-refractivity contribution is -0.131. The molecule has 28 heavy (non-hydrogen) atoms. The second kappa shape index (κ2) is 8.20. The van der Waals surface area contributed by atoms with E-state index in [1.54, 1.807) is 0 Å². The van der Waals surface area contributed by atoms with E-state index in [0.29, 0.717) is 31.3 Å². The fraction of sp³-hybridized carbons (Fsp3) is 0.571. The number of carbonyl (C=O) groups excluding carboxylic acids is 2. The Morgan fingerprint density at radius 2 is 1.89 bits per heavy atom. The largest absolute Gasteiger partial charge is 0.342 e. The molecule has 1 aliphatic heterocycles. The van der Waals surface area contributed by atoms with Crippen LogP contribution in [0.25, 0.3) is 0 Å². The molecular weight excluding hydrogens is 354 g/mol. The molecule has 2 aliphatic rings. The maximum Gasteiger partial charge on any atom is 0.315 e. The third-order valence-electron chi connectivity index (χ3n) is 5.26. The van der Waals surface area contributed by atoms with Crippen LogP contribution >= 0.6 is 0 Å². The van der Waals surface area contributed by atoms with Crippen molar-refractivity contribution < 1.29 is 9.59 Å². The van der Waals surface area contributed by atoms with Gasteiger partial charge >= 0.3 is 6.03 Å². The van der Waals surface area contributed by atoms with Crippen molar-refractivity contribution in [3.05, 3.63) is 35.4 Å². The molecule has 7 nitrogen and oxygen atoms in total. The van der Waals surface area contributed by atoms with Gasteiger partial charge in [-0.2, -0.15) is 0 Å². The van der Waals surface area contributed by atoms with Crippen LogP contribution in [0.4, 0.5) is 4.79 Å². The normalized spacial score (nSPS) is 21.8. The highest BCUT2D eigenvalue weighted by molar-refractivity contribution is 6.07. The molecule has 7 heteroatoms. The van der Waals surface area contributed by atoms with Crippen molar-refractivity contribution in [1.82, 2.24) is 20.9 Å². The lowest BCUT2D eigenvalue weighted by atomic mass is 9.91. The number of benzene rings is 1. The van der Waals surface area contributed by atoms with Crippen LogP contribution in [0.2, 0.25) is 0 Å². The van der Waals surface area contributed by atoms with Gasteiger partial charge in [-0.1, -0.05) is 38.1 Å². The summed E-state index contributed by atoms with van der Waals surface area (Å²) < 4.78 is 0.